The smallest absolute Gasteiger partial charge is 0.236 e. The van der Waals surface area contributed by atoms with Crippen LogP contribution >= 0.6 is 0 Å². The number of piperidine rings is 1. The molecule has 0 spiro atoms. The summed E-state index contributed by atoms with van der Waals surface area (Å²) in [6.45, 7) is 1.52. The second-order valence-electron chi connectivity index (χ2n) is 3.91. The zero-order chi connectivity index (χ0) is 8.55. The average molecular weight is 168 g/mol. The Kier molecular flexibility index (Phi) is 2.05. The molecule has 1 heterocycles. The Bertz CT molecular complexity index is 193. The number of carbonyl (C=O) groups is 1. The van der Waals surface area contributed by atoms with Crippen LogP contribution < -0.4 is 5.32 Å². The molecule has 1 N–H and O–H groups in total. The van der Waals surface area contributed by atoms with E-state index in [1.807, 2.05) is 7.05 Å². The zero-order valence-electron chi connectivity index (χ0n) is 7.55. The summed E-state index contributed by atoms with van der Waals surface area (Å²) in [4.78, 5) is 13.6. The van der Waals surface area contributed by atoms with E-state index in [4.69, 9.17) is 0 Å². The molecule has 12 heavy (non-hydrogen) atoms. The Balaban J connectivity index is 1.93. The zero-order valence-corrected chi connectivity index (χ0v) is 7.55. The molecule has 2 fully saturated rings. The first-order valence-corrected chi connectivity index (χ1v) is 4.75. The van der Waals surface area contributed by atoms with E-state index in [9.17, 15) is 4.79 Å². The molecule has 1 aliphatic heterocycles. The fourth-order valence-corrected chi connectivity index (χ4v) is 2.48. The van der Waals surface area contributed by atoms with Crippen LogP contribution in [0.4, 0.5) is 0 Å². The lowest BCUT2D eigenvalue weighted by molar-refractivity contribution is -0.131. The normalized spacial score (nSPS) is 32.9. The lowest BCUT2D eigenvalue weighted by Gasteiger charge is -2.26. The van der Waals surface area contributed by atoms with Gasteiger partial charge >= 0.3 is 0 Å². The van der Waals surface area contributed by atoms with Gasteiger partial charge in [0, 0.05) is 12.6 Å². The Hall–Kier alpha value is -0.570. The van der Waals surface area contributed by atoms with Gasteiger partial charge in [-0.1, -0.05) is 0 Å². The van der Waals surface area contributed by atoms with Gasteiger partial charge in [-0.25, -0.2) is 0 Å². The largest absolute Gasteiger partial charge is 0.338 e. The molecule has 3 heteroatoms. The quantitative estimate of drug-likeness (QED) is 0.639. The van der Waals surface area contributed by atoms with Crippen molar-refractivity contribution >= 4 is 5.91 Å². The van der Waals surface area contributed by atoms with Crippen molar-refractivity contribution in [2.45, 2.75) is 25.3 Å². The van der Waals surface area contributed by atoms with Crippen molar-refractivity contribution in [3.63, 3.8) is 0 Å². The molecule has 1 amide bonds. The molecular weight excluding hydrogens is 152 g/mol. The van der Waals surface area contributed by atoms with Crippen LogP contribution in [0.15, 0.2) is 0 Å². The van der Waals surface area contributed by atoms with Gasteiger partial charge in [0.05, 0.1) is 6.54 Å². The number of likely N-dealkylation sites (N-methyl/N-ethyl adjacent to an activating group) is 1. The van der Waals surface area contributed by atoms with E-state index < -0.39 is 0 Å². The minimum absolute atomic E-state index is 0.282. The first-order chi connectivity index (χ1) is 5.81. The molecule has 68 valence electrons. The summed E-state index contributed by atoms with van der Waals surface area (Å²) >= 11 is 0. The van der Waals surface area contributed by atoms with Crippen LogP contribution in [-0.2, 0) is 4.79 Å². The van der Waals surface area contributed by atoms with Crippen molar-refractivity contribution in [2.75, 3.05) is 20.1 Å². The predicted molar refractivity (Wildman–Crippen MR) is 46.8 cm³/mol. The molecule has 0 unspecified atom stereocenters. The van der Waals surface area contributed by atoms with E-state index in [1.54, 1.807) is 0 Å². The topological polar surface area (TPSA) is 32.3 Å². The highest BCUT2D eigenvalue weighted by molar-refractivity contribution is 5.79. The average Bonchev–Trinajstić information content (AvgIpc) is 2.64. The summed E-state index contributed by atoms with van der Waals surface area (Å²) in [6.07, 6.45) is 3.84. The molecule has 1 aliphatic carbocycles. The van der Waals surface area contributed by atoms with Crippen LogP contribution in [-0.4, -0.2) is 37.0 Å². The van der Waals surface area contributed by atoms with E-state index in [-0.39, 0.29) is 5.91 Å². The lowest BCUT2D eigenvalue weighted by atomic mass is 10.1. The fraction of sp³-hybridized carbons (Fsp3) is 0.889. The summed E-state index contributed by atoms with van der Waals surface area (Å²) < 4.78 is 0. The van der Waals surface area contributed by atoms with Gasteiger partial charge in [0.2, 0.25) is 5.91 Å². The molecule has 2 aliphatic rings. The van der Waals surface area contributed by atoms with Crippen LogP contribution in [0.5, 0.6) is 0 Å². The van der Waals surface area contributed by atoms with Crippen LogP contribution in [0.1, 0.15) is 19.3 Å². The first kappa shape index (κ1) is 8.05. The molecule has 1 saturated carbocycles. The summed E-state index contributed by atoms with van der Waals surface area (Å²) in [5.41, 5.74) is 0. The number of hydrogen-bond acceptors (Lipinski definition) is 2. The third kappa shape index (κ3) is 1.22. The minimum Gasteiger partial charge on any atom is -0.338 e. The third-order valence-corrected chi connectivity index (χ3v) is 3.06. The van der Waals surface area contributed by atoms with Crippen molar-refractivity contribution in [2.24, 2.45) is 5.92 Å². The second kappa shape index (κ2) is 3.05. The Labute approximate surface area is 73.1 Å². The first-order valence-electron chi connectivity index (χ1n) is 4.75. The third-order valence-electron chi connectivity index (χ3n) is 3.06. The predicted octanol–water partition coefficient (Wildman–Crippen LogP) is 0.217. The number of nitrogens with zero attached hydrogens (tertiary/aromatic N) is 1. The molecular formula is C9H16N2O. The van der Waals surface area contributed by atoms with Crippen molar-refractivity contribution < 1.29 is 4.79 Å². The molecule has 2 rings (SSSR count). The molecule has 2 atom stereocenters. The number of amides is 1. The van der Waals surface area contributed by atoms with Crippen molar-refractivity contribution in [3.05, 3.63) is 0 Å². The van der Waals surface area contributed by atoms with Crippen molar-refractivity contribution in [1.82, 2.24) is 10.2 Å². The maximum atomic E-state index is 11.5. The van der Waals surface area contributed by atoms with Gasteiger partial charge in [-0.2, -0.15) is 0 Å². The van der Waals surface area contributed by atoms with Crippen molar-refractivity contribution in [3.8, 4) is 0 Å². The monoisotopic (exact) mass is 168 g/mol. The van der Waals surface area contributed by atoms with Gasteiger partial charge < -0.3 is 10.2 Å². The van der Waals surface area contributed by atoms with E-state index in [0.717, 1.165) is 12.5 Å². The van der Waals surface area contributed by atoms with Crippen molar-refractivity contribution in [1.29, 1.82) is 0 Å². The summed E-state index contributed by atoms with van der Waals surface area (Å²) in [6, 6.07) is 0.579. The van der Waals surface area contributed by atoms with Gasteiger partial charge in [-0.05, 0) is 32.2 Å². The molecule has 3 nitrogen and oxygen atoms in total. The molecule has 0 aromatic heterocycles. The summed E-state index contributed by atoms with van der Waals surface area (Å²) in [5.74, 6) is 1.10. The maximum Gasteiger partial charge on any atom is 0.236 e. The number of hydrogen-bond donors (Lipinski definition) is 1. The number of likely N-dealkylation sites (tertiary alicyclic amines) is 1. The molecule has 0 radical (unpaired) electrons. The fourth-order valence-electron chi connectivity index (χ4n) is 2.48. The highest BCUT2D eigenvalue weighted by Gasteiger charge is 2.39. The minimum atomic E-state index is 0.282. The molecule has 2 bridgehead atoms. The number of carbonyl (C=O) groups excluding carboxylic acids is 1. The Morgan fingerprint density at radius 1 is 1.58 bits per heavy atom. The molecule has 0 aromatic carbocycles. The number of rotatable bonds is 2. The van der Waals surface area contributed by atoms with Gasteiger partial charge in [-0.3, -0.25) is 4.79 Å². The number of nitrogens with one attached hydrogen (secondary N) is 1. The molecule has 0 aromatic rings. The van der Waals surface area contributed by atoms with Crippen LogP contribution in [0.2, 0.25) is 0 Å². The van der Waals surface area contributed by atoms with Crippen LogP contribution in [0, 0.1) is 5.92 Å². The Morgan fingerprint density at radius 2 is 2.42 bits per heavy atom. The highest BCUT2D eigenvalue weighted by atomic mass is 16.2. The van der Waals surface area contributed by atoms with Gasteiger partial charge in [0.25, 0.3) is 0 Å². The van der Waals surface area contributed by atoms with Crippen LogP contribution in [0.3, 0.4) is 0 Å². The van der Waals surface area contributed by atoms with Gasteiger partial charge in [0.1, 0.15) is 0 Å². The summed E-state index contributed by atoms with van der Waals surface area (Å²) in [5, 5.41) is 2.91. The SMILES string of the molecule is CNCC(=O)N1C[C@H]2CC[C@H]1C2. The Morgan fingerprint density at radius 3 is 2.92 bits per heavy atom. The summed E-state index contributed by atoms with van der Waals surface area (Å²) in [7, 11) is 1.83. The van der Waals surface area contributed by atoms with E-state index in [2.05, 4.69) is 10.2 Å². The molecule has 1 saturated heterocycles. The standard InChI is InChI=1S/C9H16N2O/c1-10-5-9(12)11-6-7-2-3-8(11)4-7/h7-8,10H,2-6H2,1H3/t7-,8-/m0/s1. The van der Waals surface area contributed by atoms with E-state index in [1.165, 1.54) is 19.3 Å². The lowest BCUT2D eigenvalue weighted by Crippen LogP contribution is -2.41. The van der Waals surface area contributed by atoms with Gasteiger partial charge in [-0.15, -0.1) is 0 Å². The highest BCUT2D eigenvalue weighted by Crippen LogP contribution is 2.37. The second-order valence-corrected chi connectivity index (χ2v) is 3.91. The van der Waals surface area contributed by atoms with Gasteiger partial charge in [0.15, 0.2) is 0 Å². The maximum absolute atomic E-state index is 11.5. The van der Waals surface area contributed by atoms with Crippen LogP contribution in [0.25, 0.3) is 0 Å². The number of fused-ring (bicyclic) bond motifs is 2. The van der Waals surface area contributed by atoms with E-state index in [0.29, 0.717) is 12.6 Å². The van der Waals surface area contributed by atoms with E-state index >= 15 is 0 Å².